The molecule has 0 aromatic heterocycles. The molecule has 3 N–H and O–H groups in total. The van der Waals surface area contributed by atoms with E-state index >= 15 is 0 Å². The third-order valence-corrected chi connectivity index (χ3v) is 3.02. The van der Waals surface area contributed by atoms with Gasteiger partial charge in [-0.15, -0.1) is 0 Å². The second kappa shape index (κ2) is 5.67. The number of benzene rings is 2. The zero-order chi connectivity index (χ0) is 13.0. The van der Waals surface area contributed by atoms with Crippen LogP contribution >= 0.6 is 0 Å². The van der Waals surface area contributed by atoms with Crippen LogP contribution in [0.15, 0.2) is 54.6 Å². The molecule has 0 saturated carbocycles. The van der Waals surface area contributed by atoms with Crippen LogP contribution in [-0.2, 0) is 0 Å². The van der Waals surface area contributed by atoms with Gasteiger partial charge in [0.1, 0.15) is 0 Å². The van der Waals surface area contributed by atoms with Gasteiger partial charge in [0.05, 0.1) is 6.04 Å². The Bertz CT molecular complexity index is 494. The van der Waals surface area contributed by atoms with Gasteiger partial charge in [-0.1, -0.05) is 42.5 Å². The Morgan fingerprint density at radius 2 is 1.61 bits per heavy atom. The van der Waals surface area contributed by atoms with Crippen molar-refractivity contribution in [1.29, 1.82) is 0 Å². The first-order chi connectivity index (χ1) is 8.72. The summed E-state index contributed by atoms with van der Waals surface area (Å²) < 4.78 is 0. The summed E-state index contributed by atoms with van der Waals surface area (Å²) in [6.07, 6.45) is 0. The minimum absolute atomic E-state index is 0.0195. The quantitative estimate of drug-likeness (QED) is 0.637. The molecule has 0 radical (unpaired) electrons. The lowest BCUT2D eigenvalue weighted by Crippen LogP contribution is -2.28. The maximum absolute atomic E-state index is 5.70. The zero-order valence-corrected chi connectivity index (χ0v) is 10.8. The summed E-state index contributed by atoms with van der Waals surface area (Å²) >= 11 is 0. The molecule has 0 fully saturated rings. The average Bonchev–Trinajstić information content (AvgIpc) is 2.41. The van der Waals surface area contributed by atoms with Gasteiger partial charge in [-0.3, -0.25) is 5.84 Å². The van der Waals surface area contributed by atoms with E-state index in [1.807, 2.05) is 32.3 Å². The molecule has 3 nitrogen and oxygen atoms in total. The highest BCUT2D eigenvalue weighted by molar-refractivity contribution is 5.49. The van der Waals surface area contributed by atoms with E-state index in [4.69, 9.17) is 5.84 Å². The second-order valence-electron chi connectivity index (χ2n) is 4.50. The number of rotatable bonds is 4. The van der Waals surface area contributed by atoms with E-state index in [2.05, 4.69) is 46.7 Å². The topological polar surface area (TPSA) is 41.3 Å². The molecular formula is C15H19N3. The van der Waals surface area contributed by atoms with Gasteiger partial charge in [-0.25, -0.2) is 5.43 Å². The van der Waals surface area contributed by atoms with Gasteiger partial charge in [-0.05, 0) is 23.3 Å². The van der Waals surface area contributed by atoms with Gasteiger partial charge < -0.3 is 4.90 Å². The number of anilines is 1. The van der Waals surface area contributed by atoms with Crippen LogP contribution in [-0.4, -0.2) is 14.1 Å². The molecule has 3 heteroatoms. The maximum Gasteiger partial charge on any atom is 0.0710 e. The predicted molar refractivity (Wildman–Crippen MR) is 76.4 cm³/mol. The van der Waals surface area contributed by atoms with Crippen LogP contribution in [0, 0.1) is 0 Å². The van der Waals surface area contributed by atoms with Crippen molar-refractivity contribution in [3.05, 3.63) is 65.7 Å². The molecule has 0 heterocycles. The van der Waals surface area contributed by atoms with E-state index in [9.17, 15) is 0 Å². The molecule has 0 aliphatic rings. The van der Waals surface area contributed by atoms with Crippen LogP contribution in [0.4, 0.5) is 5.69 Å². The highest BCUT2D eigenvalue weighted by atomic mass is 15.2. The van der Waals surface area contributed by atoms with Crippen LogP contribution in [0.1, 0.15) is 17.2 Å². The number of hydrogen-bond donors (Lipinski definition) is 2. The first-order valence-electron chi connectivity index (χ1n) is 6.00. The first kappa shape index (κ1) is 12.6. The molecule has 0 aliphatic carbocycles. The third kappa shape index (κ3) is 2.70. The van der Waals surface area contributed by atoms with E-state index in [1.54, 1.807) is 0 Å². The minimum Gasteiger partial charge on any atom is -0.378 e. The largest absolute Gasteiger partial charge is 0.378 e. The maximum atomic E-state index is 5.70. The second-order valence-corrected chi connectivity index (χ2v) is 4.50. The van der Waals surface area contributed by atoms with E-state index in [1.165, 1.54) is 5.69 Å². The Morgan fingerprint density at radius 1 is 0.944 bits per heavy atom. The van der Waals surface area contributed by atoms with Gasteiger partial charge in [0.15, 0.2) is 0 Å². The lowest BCUT2D eigenvalue weighted by Gasteiger charge is -2.19. The van der Waals surface area contributed by atoms with Crippen molar-refractivity contribution < 1.29 is 0 Å². The van der Waals surface area contributed by atoms with Crippen molar-refractivity contribution in [2.75, 3.05) is 19.0 Å². The number of nitrogens with one attached hydrogen (secondary N) is 1. The third-order valence-electron chi connectivity index (χ3n) is 3.02. The van der Waals surface area contributed by atoms with Crippen molar-refractivity contribution in [2.45, 2.75) is 6.04 Å². The molecule has 1 atom stereocenters. The van der Waals surface area contributed by atoms with Crippen molar-refractivity contribution >= 4 is 5.69 Å². The van der Waals surface area contributed by atoms with Crippen LogP contribution < -0.4 is 16.2 Å². The van der Waals surface area contributed by atoms with E-state index in [0.29, 0.717) is 0 Å². The molecule has 0 bridgehead atoms. The van der Waals surface area contributed by atoms with Gasteiger partial charge in [0.2, 0.25) is 0 Å². The monoisotopic (exact) mass is 241 g/mol. The van der Waals surface area contributed by atoms with Crippen molar-refractivity contribution in [3.63, 3.8) is 0 Å². The molecule has 0 saturated heterocycles. The Morgan fingerprint density at radius 3 is 2.22 bits per heavy atom. The number of nitrogens with two attached hydrogens (primary N) is 1. The van der Waals surface area contributed by atoms with Gasteiger partial charge in [-0.2, -0.15) is 0 Å². The molecule has 94 valence electrons. The Balaban J connectivity index is 2.36. The first-order valence-corrected chi connectivity index (χ1v) is 6.00. The fourth-order valence-corrected chi connectivity index (χ4v) is 2.01. The highest BCUT2D eigenvalue weighted by Gasteiger charge is 2.12. The summed E-state index contributed by atoms with van der Waals surface area (Å²) in [5.41, 5.74) is 6.38. The van der Waals surface area contributed by atoms with Crippen LogP contribution in [0.25, 0.3) is 0 Å². The Labute approximate surface area is 108 Å². The number of hydrazine groups is 1. The summed E-state index contributed by atoms with van der Waals surface area (Å²) in [7, 11) is 4.07. The Kier molecular flexibility index (Phi) is 3.97. The molecule has 1 unspecified atom stereocenters. The molecule has 2 aromatic rings. The van der Waals surface area contributed by atoms with Crippen molar-refractivity contribution in [1.82, 2.24) is 5.43 Å². The van der Waals surface area contributed by atoms with E-state index in [0.717, 1.165) is 11.1 Å². The number of nitrogens with zero attached hydrogens (tertiary/aromatic N) is 1. The fraction of sp³-hybridized carbons (Fsp3) is 0.200. The summed E-state index contributed by atoms with van der Waals surface area (Å²) in [4.78, 5) is 2.09. The summed E-state index contributed by atoms with van der Waals surface area (Å²) in [6, 6.07) is 18.6. The van der Waals surface area contributed by atoms with Crippen LogP contribution in [0.2, 0.25) is 0 Å². The molecule has 2 rings (SSSR count). The van der Waals surface area contributed by atoms with Crippen LogP contribution in [0.3, 0.4) is 0 Å². The van der Waals surface area contributed by atoms with Crippen LogP contribution in [0.5, 0.6) is 0 Å². The highest BCUT2D eigenvalue weighted by Crippen LogP contribution is 2.24. The Hall–Kier alpha value is -1.84. The lowest BCUT2D eigenvalue weighted by molar-refractivity contribution is 0.637. The predicted octanol–water partition coefficient (Wildman–Crippen LogP) is 2.31. The SMILES string of the molecule is CN(C)c1cccc(C(NN)c2ccccc2)c1. The normalized spacial score (nSPS) is 12.2. The molecule has 0 aliphatic heterocycles. The summed E-state index contributed by atoms with van der Waals surface area (Å²) in [5.74, 6) is 5.70. The smallest absolute Gasteiger partial charge is 0.0710 e. The zero-order valence-electron chi connectivity index (χ0n) is 10.8. The standard InChI is InChI=1S/C15H19N3/c1-18(2)14-10-6-9-13(11-14)15(17-16)12-7-4-3-5-8-12/h3-11,15,17H,16H2,1-2H3. The van der Waals surface area contributed by atoms with Crippen molar-refractivity contribution in [3.8, 4) is 0 Å². The van der Waals surface area contributed by atoms with Gasteiger partial charge in [0.25, 0.3) is 0 Å². The van der Waals surface area contributed by atoms with Gasteiger partial charge >= 0.3 is 0 Å². The van der Waals surface area contributed by atoms with Crippen molar-refractivity contribution in [2.24, 2.45) is 5.84 Å². The molecule has 18 heavy (non-hydrogen) atoms. The fourth-order valence-electron chi connectivity index (χ4n) is 2.01. The summed E-state index contributed by atoms with van der Waals surface area (Å²) in [5, 5.41) is 0. The minimum atomic E-state index is 0.0195. The molecule has 0 spiro atoms. The van der Waals surface area contributed by atoms with E-state index in [-0.39, 0.29) is 6.04 Å². The number of hydrogen-bond acceptors (Lipinski definition) is 3. The molecular weight excluding hydrogens is 222 g/mol. The van der Waals surface area contributed by atoms with Gasteiger partial charge in [0, 0.05) is 19.8 Å². The van der Waals surface area contributed by atoms with E-state index < -0.39 is 0 Å². The average molecular weight is 241 g/mol. The summed E-state index contributed by atoms with van der Waals surface area (Å²) in [6.45, 7) is 0. The molecule has 2 aromatic carbocycles. The lowest BCUT2D eigenvalue weighted by atomic mass is 9.99. The molecule has 0 amide bonds.